The molecule has 0 aliphatic rings. The second-order valence-electron chi connectivity index (χ2n) is 7.17. The zero-order chi connectivity index (χ0) is 20.4. The standard InChI is InChI=1S/C20H28Cl3NO3/c1-14-12-16(25-11-8-18(22)23)13-17(21)19(14)26-9-6-7-10-27-24-15(2)20(3,4)5/h8,12-13H,6-7,9-11H2,1-5H3. The lowest BCUT2D eigenvalue weighted by atomic mass is 9.91. The predicted molar refractivity (Wildman–Crippen MR) is 115 cm³/mol. The van der Waals surface area contributed by atoms with Gasteiger partial charge in [-0.05, 0) is 44.4 Å². The van der Waals surface area contributed by atoms with Crippen molar-refractivity contribution in [2.75, 3.05) is 19.8 Å². The fourth-order valence-corrected chi connectivity index (χ4v) is 2.33. The minimum atomic E-state index is 0.0276. The van der Waals surface area contributed by atoms with Crippen LogP contribution in [0.2, 0.25) is 5.02 Å². The molecule has 0 unspecified atom stereocenters. The van der Waals surface area contributed by atoms with E-state index >= 15 is 0 Å². The average Bonchev–Trinajstić information content (AvgIpc) is 2.54. The maximum absolute atomic E-state index is 6.30. The molecule has 152 valence electrons. The van der Waals surface area contributed by atoms with E-state index in [1.54, 1.807) is 12.1 Å². The number of hydrogen-bond acceptors (Lipinski definition) is 4. The molecule has 0 fully saturated rings. The second-order valence-corrected chi connectivity index (χ2v) is 8.59. The Balaban J connectivity index is 2.39. The summed E-state index contributed by atoms with van der Waals surface area (Å²) < 4.78 is 11.5. The lowest BCUT2D eigenvalue weighted by Gasteiger charge is -2.17. The molecule has 0 N–H and O–H groups in total. The molecule has 0 saturated carbocycles. The Bertz CT molecular complexity index is 640. The van der Waals surface area contributed by atoms with Crippen LogP contribution in [0.15, 0.2) is 27.9 Å². The fraction of sp³-hybridized carbons (Fsp3) is 0.550. The third kappa shape index (κ3) is 9.59. The van der Waals surface area contributed by atoms with Crippen molar-refractivity contribution in [2.24, 2.45) is 10.6 Å². The number of benzene rings is 1. The molecular formula is C20H28Cl3NO3. The Hall–Kier alpha value is -1.10. The molecule has 4 nitrogen and oxygen atoms in total. The molecule has 1 aromatic carbocycles. The summed E-state index contributed by atoms with van der Waals surface area (Å²) in [6, 6.07) is 3.58. The van der Waals surface area contributed by atoms with Gasteiger partial charge in [0.15, 0.2) is 0 Å². The smallest absolute Gasteiger partial charge is 0.141 e. The first-order valence-corrected chi connectivity index (χ1v) is 9.98. The first kappa shape index (κ1) is 23.9. The van der Waals surface area contributed by atoms with Gasteiger partial charge in [0.05, 0.1) is 17.3 Å². The summed E-state index contributed by atoms with van der Waals surface area (Å²) in [4.78, 5) is 5.36. The number of ether oxygens (including phenoxy) is 2. The second kappa shape index (κ2) is 11.7. The molecule has 0 atom stereocenters. The minimum Gasteiger partial charge on any atom is -0.492 e. The van der Waals surface area contributed by atoms with E-state index in [1.807, 2.05) is 19.9 Å². The van der Waals surface area contributed by atoms with Crippen molar-refractivity contribution in [3.8, 4) is 11.5 Å². The third-order valence-electron chi connectivity index (χ3n) is 3.85. The number of hydrogen-bond donors (Lipinski definition) is 0. The van der Waals surface area contributed by atoms with Crippen LogP contribution < -0.4 is 9.47 Å². The zero-order valence-electron chi connectivity index (χ0n) is 16.6. The van der Waals surface area contributed by atoms with E-state index in [2.05, 4.69) is 25.9 Å². The lowest BCUT2D eigenvalue weighted by molar-refractivity contribution is 0.132. The number of nitrogens with zero attached hydrogens (tertiary/aromatic N) is 1. The van der Waals surface area contributed by atoms with Gasteiger partial charge in [-0.15, -0.1) is 0 Å². The molecule has 1 aromatic rings. The number of unbranched alkanes of at least 4 members (excludes halogenated alkanes) is 1. The van der Waals surface area contributed by atoms with Crippen LogP contribution in [0.1, 0.15) is 46.1 Å². The molecule has 0 aliphatic carbocycles. The van der Waals surface area contributed by atoms with E-state index in [1.165, 1.54) is 0 Å². The van der Waals surface area contributed by atoms with Crippen LogP contribution >= 0.6 is 34.8 Å². The largest absolute Gasteiger partial charge is 0.492 e. The quantitative estimate of drug-likeness (QED) is 0.226. The van der Waals surface area contributed by atoms with Gasteiger partial charge >= 0.3 is 0 Å². The summed E-state index contributed by atoms with van der Waals surface area (Å²) in [5.74, 6) is 1.30. The highest BCUT2D eigenvalue weighted by molar-refractivity contribution is 6.55. The van der Waals surface area contributed by atoms with Crippen molar-refractivity contribution in [1.82, 2.24) is 0 Å². The molecule has 0 spiro atoms. The summed E-state index contributed by atoms with van der Waals surface area (Å²) in [5, 5.41) is 4.65. The molecule has 0 heterocycles. The van der Waals surface area contributed by atoms with Crippen molar-refractivity contribution in [3.05, 3.63) is 33.3 Å². The molecule has 0 radical (unpaired) electrons. The van der Waals surface area contributed by atoms with Gasteiger partial charge in [-0.3, -0.25) is 0 Å². The third-order valence-corrected chi connectivity index (χ3v) is 4.44. The molecule has 1 rings (SSSR count). The minimum absolute atomic E-state index is 0.0276. The van der Waals surface area contributed by atoms with Crippen molar-refractivity contribution < 1.29 is 14.3 Å². The molecule has 0 saturated heterocycles. The van der Waals surface area contributed by atoms with E-state index in [0.29, 0.717) is 29.7 Å². The van der Waals surface area contributed by atoms with Crippen molar-refractivity contribution in [1.29, 1.82) is 0 Å². The number of aryl methyl sites for hydroxylation is 1. The van der Waals surface area contributed by atoms with Gasteiger partial charge in [-0.2, -0.15) is 0 Å². The molecule has 0 bridgehead atoms. The summed E-state index contributed by atoms with van der Waals surface area (Å²) >= 11 is 17.4. The Morgan fingerprint density at radius 1 is 1.11 bits per heavy atom. The zero-order valence-corrected chi connectivity index (χ0v) is 18.8. The van der Waals surface area contributed by atoms with E-state index in [0.717, 1.165) is 24.1 Å². The highest BCUT2D eigenvalue weighted by Gasteiger charge is 2.14. The van der Waals surface area contributed by atoms with Crippen molar-refractivity contribution in [2.45, 2.75) is 47.5 Å². The van der Waals surface area contributed by atoms with Gasteiger partial charge in [-0.1, -0.05) is 60.7 Å². The van der Waals surface area contributed by atoms with Crippen LogP contribution in [-0.2, 0) is 4.84 Å². The first-order valence-electron chi connectivity index (χ1n) is 8.85. The highest BCUT2D eigenvalue weighted by Crippen LogP contribution is 2.33. The Kier molecular flexibility index (Phi) is 10.4. The highest BCUT2D eigenvalue weighted by atomic mass is 35.5. The van der Waals surface area contributed by atoms with E-state index in [-0.39, 0.29) is 16.5 Å². The van der Waals surface area contributed by atoms with Crippen LogP contribution in [-0.4, -0.2) is 25.5 Å². The monoisotopic (exact) mass is 435 g/mol. The lowest BCUT2D eigenvalue weighted by Crippen LogP contribution is -2.17. The Labute approximate surface area is 177 Å². The SMILES string of the molecule is CC(=NOCCCCOc1c(C)cc(OCC=C(Cl)Cl)cc1Cl)C(C)(C)C. The maximum atomic E-state index is 6.30. The summed E-state index contributed by atoms with van der Waals surface area (Å²) in [7, 11) is 0. The number of oxime groups is 1. The van der Waals surface area contributed by atoms with Crippen LogP contribution in [0.3, 0.4) is 0 Å². The van der Waals surface area contributed by atoms with E-state index in [4.69, 9.17) is 49.1 Å². The van der Waals surface area contributed by atoms with Crippen molar-refractivity contribution >= 4 is 40.5 Å². The van der Waals surface area contributed by atoms with E-state index in [9.17, 15) is 0 Å². The topological polar surface area (TPSA) is 40.0 Å². The number of halogens is 3. The fourth-order valence-electron chi connectivity index (χ4n) is 1.89. The maximum Gasteiger partial charge on any atom is 0.141 e. The van der Waals surface area contributed by atoms with Crippen LogP contribution in [0.25, 0.3) is 0 Å². The van der Waals surface area contributed by atoms with Crippen molar-refractivity contribution in [3.63, 3.8) is 0 Å². The molecule has 0 aliphatic heterocycles. The van der Waals surface area contributed by atoms with Crippen LogP contribution in [0.4, 0.5) is 0 Å². The molecule has 27 heavy (non-hydrogen) atoms. The summed E-state index contributed by atoms with van der Waals surface area (Å²) in [6.07, 6.45) is 3.26. The Morgan fingerprint density at radius 3 is 2.37 bits per heavy atom. The molecular weight excluding hydrogens is 409 g/mol. The van der Waals surface area contributed by atoms with Crippen LogP contribution in [0, 0.1) is 12.3 Å². The van der Waals surface area contributed by atoms with Gasteiger partial charge in [-0.25, -0.2) is 0 Å². The molecule has 7 heteroatoms. The van der Waals surface area contributed by atoms with Gasteiger partial charge in [0.1, 0.15) is 29.2 Å². The average molecular weight is 437 g/mol. The van der Waals surface area contributed by atoms with E-state index < -0.39 is 0 Å². The normalized spacial score (nSPS) is 11.9. The Morgan fingerprint density at radius 2 is 1.78 bits per heavy atom. The summed E-state index contributed by atoms with van der Waals surface area (Å²) in [6.45, 7) is 11.6. The van der Waals surface area contributed by atoms with Gasteiger partial charge in [0.2, 0.25) is 0 Å². The first-order chi connectivity index (χ1) is 12.6. The van der Waals surface area contributed by atoms with Gasteiger partial charge < -0.3 is 14.3 Å². The predicted octanol–water partition coefficient (Wildman–Crippen LogP) is 6.94. The number of rotatable bonds is 10. The summed E-state index contributed by atoms with van der Waals surface area (Å²) in [5.41, 5.74) is 1.91. The molecule has 0 amide bonds. The van der Waals surface area contributed by atoms with Crippen LogP contribution in [0.5, 0.6) is 11.5 Å². The van der Waals surface area contributed by atoms with Gasteiger partial charge in [0, 0.05) is 11.5 Å². The molecule has 0 aromatic heterocycles. The van der Waals surface area contributed by atoms with Gasteiger partial charge in [0.25, 0.3) is 0 Å².